The van der Waals surface area contributed by atoms with Gasteiger partial charge in [0.15, 0.2) is 0 Å². The summed E-state index contributed by atoms with van der Waals surface area (Å²) in [6.45, 7) is 0. The fourth-order valence-corrected chi connectivity index (χ4v) is 2.25. The second-order valence-electron chi connectivity index (χ2n) is 2.76. The molecule has 0 saturated carbocycles. The SMILES string of the molecule is O=c1[nH]c2ccc3[nH]cnc3c2s1. The third-order valence-electron chi connectivity index (χ3n) is 1.98. The van der Waals surface area contributed by atoms with Crippen molar-refractivity contribution in [1.29, 1.82) is 0 Å². The van der Waals surface area contributed by atoms with E-state index in [0.717, 1.165) is 21.3 Å². The van der Waals surface area contributed by atoms with Crippen LogP contribution in [0.5, 0.6) is 0 Å². The first kappa shape index (κ1) is 6.85. The highest BCUT2D eigenvalue weighted by molar-refractivity contribution is 7.17. The summed E-state index contributed by atoms with van der Waals surface area (Å²) in [6.07, 6.45) is 1.63. The third kappa shape index (κ3) is 0.844. The normalized spacial score (nSPS) is 11.4. The second-order valence-corrected chi connectivity index (χ2v) is 3.74. The average molecular weight is 191 g/mol. The maximum atomic E-state index is 11.1. The number of rotatable bonds is 0. The Labute approximate surface area is 76.2 Å². The van der Waals surface area contributed by atoms with E-state index < -0.39 is 0 Å². The number of benzene rings is 1. The van der Waals surface area contributed by atoms with Crippen LogP contribution in [0.25, 0.3) is 21.3 Å². The zero-order valence-electron chi connectivity index (χ0n) is 6.50. The van der Waals surface area contributed by atoms with E-state index in [1.54, 1.807) is 6.33 Å². The van der Waals surface area contributed by atoms with Crippen LogP contribution in [0.15, 0.2) is 23.3 Å². The van der Waals surface area contributed by atoms with Crippen LogP contribution >= 0.6 is 11.3 Å². The van der Waals surface area contributed by atoms with E-state index in [0.29, 0.717) is 0 Å². The van der Waals surface area contributed by atoms with Crippen LogP contribution in [0.3, 0.4) is 0 Å². The van der Waals surface area contributed by atoms with Crippen LogP contribution in [0.2, 0.25) is 0 Å². The first-order valence-electron chi connectivity index (χ1n) is 3.79. The van der Waals surface area contributed by atoms with Crippen molar-refractivity contribution in [1.82, 2.24) is 15.0 Å². The summed E-state index contributed by atoms with van der Waals surface area (Å²) in [6, 6.07) is 3.79. The lowest BCUT2D eigenvalue weighted by Gasteiger charge is -1.88. The summed E-state index contributed by atoms with van der Waals surface area (Å²) in [5, 5.41) is 0. The fraction of sp³-hybridized carbons (Fsp3) is 0. The zero-order chi connectivity index (χ0) is 8.84. The molecule has 0 atom stereocenters. The Morgan fingerprint density at radius 3 is 3.08 bits per heavy atom. The number of H-pyrrole nitrogens is 2. The highest BCUT2D eigenvalue weighted by atomic mass is 32.1. The lowest BCUT2D eigenvalue weighted by molar-refractivity contribution is 1.35. The molecule has 0 spiro atoms. The van der Waals surface area contributed by atoms with Gasteiger partial charge in [-0.3, -0.25) is 4.79 Å². The highest BCUT2D eigenvalue weighted by Crippen LogP contribution is 2.22. The number of hydrogen-bond donors (Lipinski definition) is 2. The molecular formula is C8H5N3OS. The molecule has 0 aliphatic heterocycles. The van der Waals surface area contributed by atoms with Gasteiger partial charge in [-0.2, -0.15) is 0 Å². The number of nitrogens with zero attached hydrogens (tertiary/aromatic N) is 1. The van der Waals surface area contributed by atoms with Crippen LogP contribution in [0, 0.1) is 0 Å². The van der Waals surface area contributed by atoms with Gasteiger partial charge in [-0.1, -0.05) is 11.3 Å². The minimum Gasteiger partial charge on any atom is -0.345 e. The van der Waals surface area contributed by atoms with E-state index >= 15 is 0 Å². The summed E-state index contributed by atoms with van der Waals surface area (Å²) in [7, 11) is 0. The summed E-state index contributed by atoms with van der Waals surface area (Å²) in [5.41, 5.74) is 2.68. The molecule has 0 unspecified atom stereocenters. The summed E-state index contributed by atoms with van der Waals surface area (Å²) in [5.74, 6) is 0. The van der Waals surface area contributed by atoms with Gasteiger partial charge in [0.1, 0.15) is 5.52 Å². The van der Waals surface area contributed by atoms with E-state index in [1.807, 2.05) is 12.1 Å². The van der Waals surface area contributed by atoms with Crippen molar-refractivity contribution in [3.05, 3.63) is 28.1 Å². The van der Waals surface area contributed by atoms with Gasteiger partial charge in [0.05, 0.1) is 22.1 Å². The number of hydrogen-bond acceptors (Lipinski definition) is 3. The molecule has 5 heteroatoms. The van der Waals surface area contributed by atoms with Gasteiger partial charge in [0.25, 0.3) is 0 Å². The molecular weight excluding hydrogens is 186 g/mol. The van der Waals surface area contributed by atoms with E-state index in [4.69, 9.17) is 0 Å². The minimum atomic E-state index is -0.0366. The Morgan fingerprint density at radius 1 is 1.31 bits per heavy atom. The molecule has 2 N–H and O–H groups in total. The minimum absolute atomic E-state index is 0.0366. The molecule has 3 rings (SSSR count). The molecule has 0 amide bonds. The maximum Gasteiger partial charge on any atom is 0.305 e. The molecule has 2 aromatic heterocycles. The van der Waals surface area contributed by atoms with Gasteiger partial charge in [0, 0.05) is 0 Å². The van der Waals surface area contributed by atoms with Crippen LogP contribution in [-0.4, -0.2) is 15.0 Å². The Balaban J connectivity index is 2.71. The first-order valence-corrected chi connectivity index (χ1v) is 4.61. The van der Waals surface area contributed by atoms with E-state index in [1.165, 1.54) is 11.3 Å². The van der Waals surface area contributed by atoms with Crippen molar-refractivity contribution in [2.45, 2.75) is 0 Å². The molecule has 3 aromatic rings. The average Bonchev–Trinajstić information content (AvgIpc) is 2.65. The smallest absolute Gasteiger partial charge is 0.305 e. The summed E-state index contributed by atoms with van der Waals surface area (Å²) < 4.78 is 0.920. The predicted octanol–water partition coefficient (Wildman–Crippen LogP) is 1.47. The Bertz CT molecular complexity index is 633. The Hall–Kier alpha value is -1.62. The van der Waals surface area contributed by atoms with Crippen molar-refractivity contribution in [3.63, 3.8) is 0 Å². The standard InChI is InChI=1S/C8H5N3OS/c12-8-11-5-2-1-4-6(7(5)13-8)10-3-9-4/h1-3H,(H,9,10)(H,11,12). The van der Waals surface area contributed by atoms with Gasteiger partial charge in [-0.05, 0) is 12.1 Å². The van der Waals surface area contributed by atoms with Crippen molar-refractivity contribution >= 4 is 32.6 Å². The molecule has 0 bridgehead atoms. The van der Waals surface area contributed by atoms with E-state index in [9.17, 15) is 4.79 Å². The van der Waals surface area contributed by atoms with Gasteiger partial charge in [-0.15, -0.1) is 0 Å². The topological polar surface area (TPSA) is 61.5 Å². The van der Waals surface area contributed by atoms with Crippen LogP contribution in [0.4, 0.5) is 0 Å². The summed E-state index contributed by atoms with van der Waals surface area (Å²) in [4.78, 5) is 20.9. The lowest BCUT2D eigenvalue weighted by Crippen LogP contribution is -1.89. The van der Waals surface area contributed by atoms with Crippen molar-refractivity contribution < 1.29 is 0 Å². The molecule has 0 saturated heterocycles. The third-order valence-corrected chi connectivity index (χ3v) is 2.88. The van der Waals surface area contributed by atoms with Gasteiger partial charge in [-0.25, -0.2) is 4.98 Å². The van der Waals surface area contributed by atoms with Crippen molar-refractivity contribution in [3.8, 4) is 0 Å². The maximum absolute atomic E-state index is 11.1. The summed E-state index contributed by atoms with van der Waals surface area (Å²) >= 11 is 1.19. The number of imidazole rings is 1. The number of nitrogens with one attached hydrogen (secondary N) is 2. The van der Waals surface area contributed by atoms with E-state index in [2.05, 4.69) is 15.0 Å². The monoisotopic (exact) mass is 191 g/mol. The second kappa shape index (κ2) is 2.20. The van der Waals surface area contributed by atoms with Crippen LogP contribution in [0.1, 0.15) is 0 Å². The molecule has 4 nitrogen and oxygen atoms in total. The first-order chi connectivity index (χ1) is 6.34. The molecule has 0 aliphatic rings. The molecule has 0 aliphatic carbocycles. The number of fused-ring (bicyclic) bond motifs is 3. The van der Waals surface area contributed by atoms with Crippen LogP contribution < -0.4 is 4.87 Å². The van der Waals surface area contributed by atoms with Gasteiger partial charge in [0.2, 0.25) is 0 Å². The molecule has 64 valence electrons. The Kier molecular flexibility index (Phi) is 1.16. The molecule has 13 heavy (non-hydrogen) atoms. The Morgan fingerprint density at radius 2 is 2.15 bits per heavy atom. The predicted molar refractivity (Wildman–Crippen MR) is 52.1 cm³/mol. The number of aromatic amines is 2. The van der Waals surface area contributed by atoms with Crippen molar-refractivity contribution in [2.75, 3.05) is 0 Å². The molecule has 0 fully saturated rings. The quantitative estimate of drug-likeness (QED) is 0.565. The molecule has 0 radical (unpaired) electrons. The number of aromatic nitrogens is 3. The molecule has 1 aromatic carbocycles. The number of thiazole rings is 1. The van der Waals surface area contributed by atoms with Gasteiger partial charge < -0.3 is 9.97 Å². The fourth-order valence-electron chi connectivity index (χ4n) is 1.41. The van der Waals surface area contributed by atoms with E-state index in [-0.39, 0.29) is 4.87 Å². The van der Waals surface area contributed by atoms with Crippen LogP contribution in [-0.2, 0) is 0 Å². The molecule has 2 heterocycles. The van der Waals surface area contributed by atoms with Crippen molar-refractivity contribution in [2.24, 2.45) is 0 Å². The largest absolute Gasteiger partial charge is 0.345 e. The highest BCUT2D eigenvalue weighted by Gasteiger charge is 2.05. The van der Waals surface area contributed by atoms with Gasteiger partial charge >= 0.3 is 4.87 Å². The zero-order valence-corrected chi connectivity index (χ0v) is 7.31. The lowest BCUT2D eigenvalue weighted by atomic mass is 10.3.